The van der Waals surface area contributed by atoms with Crippen LogP contribution in [0, 0.1) is 5.92 Å². The highest BCUT2D eigenvalue weighted by molar-refractivity contribution is 7.54. The van der Waals surface area contributed by atoms with Crippen molar-refractivity contribution in [1.82, 2.24) is 0 Å². The fourth-order valence-electron chi connectivity index (χ4n) is 5.42. The quantitative estimate of drug-likeness (QED) is 0.0658. The van der Waals surface area contributed by atoms with Crippen molar-refractivity contribution >= 4 is 13.6 Å². The molecule has 5 nitrogen and oxygen atoms in total. The first kappa shape index (κ1) is 35.6. The number of carbonyl (C=O) groups excluding carboxylic acids is 1. The molecule has 0 aliphatic heterocycles. The number of esters is 1. The van der Waals surface area contributed by atoms with Crippen molar-refractivity contribution in [3.8, 4) is 0 Å². The second-order valence-corrected chi connectivity index (χ2v) is 12.9. The Morgan fingerprint density at radius 2 is 1.03 bits per heavy atom. The molecule has 0 aromatic heterocycles. The van der Waals surface area contributed by atoms with Gasteiger partial charge in [0.1, 0.15) is 0 Å². The van der Waals surface area contributed by atoms with Gasteiger partial charge in [0.15, 0.2) is 5.16 Å². The molecule has 0 aliphatic rings. The molecule has 216 valence electrons. The second kappa shape index (κ2) is 22.6. The minimum Gasteiger partial charge on any atom is -0.465 e. The summed E-state index contributed by atoms with van der Waals surface area (Å²) in [5.41, 5.74) is 0. The fraction of sp³-hybridized carbons (Fsp3) is 0.967. The summed E-state index contributed by atoms with van der Waals surface area (Å²) in [5.74, 6) is -1.10. The van der Waals surface area contributed by atoms with E-state index < -0.39 is 24.6 Å². The molecule has 0 spiro atoms. The Labute approximate surface area is 224 Å². The van der Waals surface area contributed by atoms with Crippen LogP contribution >= 0.6 is 7.60 Å². The van der Waals surface area contributed by atoms with Gasteiger partial charge in [0.2, 0.25) is 0 Å². The van der Waals surface area contributed by atoms with Crippen molar-refractivity contribution in [2.75, 3.05) is 6.61 Å². The topological polar surface area (TPSA) is 83.8 Å². The normalized spacial score (nSPS) is 14.5. The van der Waals surface area contributed by atoms with Crippen LogP contribution in [0.25, 0.3) is 0 Å². The molecule has 0 fully saturated rings. The summed E-state index contributed by atoms with van der Waals surface area (Å²) in [6.45, 7) is 8.16. The maximum absolute atomic E-state index is 13.0. The van der Waals surface area contributed by atoms with E-state index in [2.05, 4.69) is 13.8 Å². The van der Waals surface area contributed by atoms with Gasteiger partial charge in [-0.2, -0.15) is 0 Å². The van der Waals surface area contributed by atoms with E-state index in [1.807, 2.05) is 6.92 Å². The van der Waals surface area contributed by atoms with Crippen molar-refractivity contribution in [2.45, 2.75) is 174 Å². The predicted octanol–water partition coefficient (Wildman–Crippen LogP) is 9.72. The molecule has 0 heterocycles. The van der Waals surface area contributed by atoms with Crippen LogP contribution in [0.5, 0.6) is 0 Å². The van der Waals surface area contributed by atoms with E-state index in [1.54, 1.807) is 6.92 Å². The van der Waals surface area contributed by atoms with Crippen molar-refractivity contribution in [1.29, 1.82) is 0 Å². The monoisotopic (exact) mass is 532 g/mol. The lowest BCUT2D eigenvalue weighted by molar-refractivity contribution is -0.149. The molecule has 36 heavy (non-hydrogen) atoms. The van der Waals surface area contributed by atoms with Crippen LogP contribution in [0.15, 0.2) is 0 Å². The summed E-state index contributed by atoms with van der Waals surface area (Å²) in [6.07, 6.45) is 24.5. The average molecular weight is 533 g/mol. The average Bonchev–Trinajstić information content (AvgIpc) is 2.83. The number of hydrogen-bond acceptors (Lipinski definition) is 3. The number of rotatable bonds is 26. The molecular formula is C30H61O5P. The van der Waals surface area contributed by atoms with Gasteiger partial charge < -0.3 is 14.5 Å². The van der Waals surface area contributed by atoms with E-state index >= 15 is 0 Å². The fourth-order valence-corrected chi connectivity index (χ4v) is 6.87. The van der Waals surface area contributed by atoms with Crippen LogP contribution in [-0.4, -0.2) is 27.5 Å². The van der Waals surface area contributed by atoms with Gasteiger partial charge in [-0.15, -0.1) is 0 Å². The summed E-state index contributed by atoms with van der Waals surface area (Å²) in [5, 5.41) is -1.71. The lowest BCUT2D eigenvalue weighted by Crippen LogP contribution is -2.46. The summed E-state index contributed by atoms with van der Waals surface area (Å²) in [4.78, 5) is 33.8. The predicted molar refractivity (Wildman–Crippen MR) is 153 cm³/mol. The zero-order valence-corrected chi connectivity index (χ0v) is 25.3. The summed E-state index contributed by atoms with van der Waals surface area (Å²) in [7, 11) is -4.68. The van der Waals surface area contributed by atoms with E-state index in [0.717, 1.165) is 38.5 Å². The molecule has 2 atom stereocenters. The third-order valence-electron chi connectivity index (χ3n) is 7.87. The summed E-state index contributed by atoms with van der Waals surface area (Å²) < 4.78 is 18.0. The molecule has 0 radical (unpaired) electrons. The van der Waals surface area contributed by atoms with Crippen molar-refractivity contribution < 1.29 is 23.9 Å². The largest absolute Gasteiger partial charge is 0.465 e. The van der Waals surface area contributed by atoms with Gasteiger partial charge in [0.25, 0.3) is 0 Å². The summed E-state index contributed by atoms with van der Waals surface area (Å²) in [6, 6.07) is 0. The van der Waals surface area contributed by atoms with Crippen LogP contribution < -0.4 is 0 Å². The van der Waals surface area contributed by atoms with E-state index in [4.69, 9.17) is 4.74 Å². The molecule has 0 saturated heterocycles. The molecule has 0 aliphatic carbocycles. The number of ether oxygens (including phenoxy) is 1. The van der Waals surface area contributed by atoms with Gasteiger partial charge in [0.05, 0.1) is 6.61 Å². The van der Waals surface area contributed by atoms with E-state index in [0.29, 0.717) is 12.8 Å². The van der Waals surface area contributed by atoms with Gasteiger partial charge in [-0.1, -0.05) is 149 Å². The van der Waals surface area contributed by atoms with Crippen LogP contribution in [0.3, 0.4) is 0 Å². The SMILES string of the molecule is CCCCCCCCCCCCC(C)C(CCCCCCCCCCCC)(C(=O)OCC)P(=O)(O)O. The summed E-state index contributed by atoms with van der Waals surface area (Å²) >= 11 is 0. The van der Waals surface area contributed by atoms with Crippen LogP contribution in [0.2, 0.25) is 0 Å². The molecule has 0 amide bonds. The smallest absolute Gasteiger partial charge is 0.343 e. The van der Waals surface area contributed by atoms with Crippen LogP contribution in [0.4, 0.5) is 0 Å². The Morgan fingerprint density at radius 3 is 1.39 bits per heavy atom. The third kappa shape index (κ3) is 15.1. The first-order chi connectivity index (χ1) is 17.3. The molecule has 0 rings (SSSR count). The standard InChI is InChI=1S/C30H61O5P/c1-5-8-10-12-14-16-18-20-22-24-26-28(4)30(36(32,33)34,29(31)35-7-3)27-25-23-21-19-17-15-13-11-9-6-2/h28H,5-27H2,1-4H3,(H2,32,33,34). The lowest BCUT2D eigenvalue weighted by atomic mass is 9.84. The zero-order chi connectivity index (χ0) is 27.1. The molecular weight excluding hydrogens is 471 g/mol. The molecule has 0 aromatic rings. The maximum Gasteiger partial charge on any atom is 0.343 e. The van der Waals surface area contributed by atoms with Gasteiger partial charge in [-0.25, -0.2) is 0 Å². The Kier molecular flexibility index (Phi) is 22.4. The number of hydrogen-bond donors (Lipinski definition) is 2. The first-order valence-corrected chi connectivity index (χ1v) is 17.1. The van der Waals surface area contributed by atoms with Crippen LogP contribution in [-0.2, 0) is 14.1 Å². The second-order valence-electron chi connectivity index (χ2n) is 11.0. The molecule has 2 N–H and O–H groups in total. The zero-order valence-electron chi connectivity index (χ0n) is 24.4. The van der Waals surface area contributed by atoms with Gasteiger partial charge >= 0.3 is 13.6 Å². The number of carbonyl (C=O) groups is 1. The van der Waals surface area contributed by atoms with Crippen molar-refractivity contribution in [2.24, 2.45) is 5.92 Å². The Balaban J connectivity index is 4.64. The maximum atomic E-state index is 13.0. The Morgan fingerprint density at radius 1 is 0.667 bits per heavy atom. The van der Waals surface area contributed by atoms with Gasteiger partial charge in [-0.3, -0.25) is 9.36 Å². The Hall–Kier alpha value is -0.380. The van der Waals surface area contributed by atoms with Crippen molar-refractivity contribution in [3.05, 3.63) is 0 Å². The molecule has 0 aromatic carbocycles. The van der Waals surface area contributed by atoms with Crippen LogP contribution in [0.1, 0.15) is 169 Å². The first-order valence-electron chi connectivity index (χ1n) is 15.5. The molecule has 0 bridgehead atoms. The highest BCUT2D eigenvalue weighted by Gasteiger charge is 2.57. The Bertz CT molecular complexity index is 562. The third-order valence-corrected chi connectivity index (χ3v) is 9.75. The highest BCUT2D eigenvalue weighted by Crippen LogP contribution is 2.59. The van der Waals surface area contributed by atoms with E-state index in [1.165, 1.54) is 83.5 Å². The highest BCUT2D eigenvalue weighted by atomic mass is 31.2. The molecule has 0 saturated carbocycles. The van der Waals surface area contributed by atoms with E-state index in [-0.39, 0.29) is 13.0 Å². The lowest BCUT2D eigenvalue weighted by Gasteiger charge is -2.37. The van der Waals surface area contributed by atoms with Gasteiger partial charge in [0, 0.05) is 0 Å². The minimum absolute atomic E-state index is 0.142. The van der Waals surface area contributed by atoms with Crippen molar-refractivity contribution in [3.63, 3.8) is 0 Å². The molecule has 2 unspecified atom stereocenters. The van der Waals surface area contributed by atoms with Gasteiger partial charge in [-0.05, 0) is 25.7 Å². The molecule has 6 heteroatoms. The number of unbranched alkanes of at least 4 members (excludes halogenated alkanes) is 18. The van der Waals surface area contributed by atoms with E-state index in [9.17, 15) is 19.1 Å². The minimum atomic E-state index is -4.68.